The van der Waals surface area contributed by atoms with Gasteiger partial charge in [-0.1, -0.05) is 0 Å². The first-order chi connectivity index (χ1) is 9.19. The predicted octanol–water partition coefficient (Wildman–Crippen LogP) is -0.647. The number of carbonyl (C=O) groups excluding carboxylic acids is 1. The Morgan fingerprint density at radius 1 is 1.37 bits per heavy atom. The summed E-state index contributed by atoms with van der Waals surface area (Å²) in [6.07, 6.45) is 0. The van der Waals surface area contributed by atoms with Crippen LogP contribution in [0.2, 0.25) is 0 Å². The van der Waals surface area contributed by atoms with Crippen molar-refractivity contribution in [2.24, 2.45) is 0 Å². The molecule has 1 fully saturated rings. The highest BCUT2D eigenvalue weighted by atomic mass is 16.5. The van der Waals surface area contributed by atoms with Crippen LogP contribution in [0.25, 0.3) is 0 Å². The van der Waals surface area contributed by atoms with Gasteiger partial charge in [0.2, 0.25) is 11.9 Å². The van der Waals surface area contributed by atoms with E-state index < -0.39 is 0 Å². The van der Waals surface area contributed by atoms with Crippen LogP contribution in [0.4, 0.5) is 5.95 Å². The molecule has 2 heterocycles. The number of methoxy groups -OCH3 is 1. The van der Waals surface area contributed by atoms with E-state index in [2.05, 4.69) is 20.3 Å². The number of anilines is 1. The fourth-order valence-corrected chi connectivity index (χ4v) is 1.67. The van der Waals surface area contributed by atoms with Crippen molar-refractivity contribution in [1.82, 2.24) is 20.3 Å². The van der Waals surface area contributed by atoms with Crippen LogP contribution in [-0.2, 0) is 16.1 Å². The predicted molar refractivity (Wildman–Crippen MR) is 66.9 cm³/mol. The van der Waals surface area contributed by atoms with E-state index in [1.165, 1.54) is 14.0 Å². The summed E-state index contributed by atoms with van der Waals surface area (Å²) in [5.74, 6) is 0.895. The lowest BCUT2D eigenvalue weighted by Gasteiger charge is -2.26. The lowest BCUT2D eigenvalue weighted by molar-refractivity contribution is -0.119. The molecule has 1 aliphatic rings. The van der Waals surface area contributed by atoms with Crippen molar-refractivity contribution >= 4 is 11.9 Å². The van der Waals surface area contributed by atoms with Gasteiger partial charge in [-0.15, -0.1) is 0 Å². The second-order valence-corrected chi connectivity index (χ2v) is 4.05. The van der Waals surface area contributed by atoms with E-state index in [0.717, 1.165) is 13.1 Å². The number of aromatic nitrogens is 3. The number of carbonyl (C=O) groups is 1. The van der Waals surface area contributed by atoms with E-state index >= 15 is 0 Å². The Hall–Kier alpha value is -1.96. The third-order valence-corrected chi connectivity index (χ3v) is 2.62. The van der Waals surface area contributed by atoms with Gasteiger partial charge in [-0.2, -0.15) is 15.0 Å². The Kier molecular flexibility index (Phi) is 4.45. The maximum Gasteiger partial charge on any atom is 0.321 e. The molecule has 1 aromatic heterocycles. The largest absolute Gasteiger partial charge is 0.467 e. The van der Waals surface area contributed by atoms with Gasteiger partial charge in [0, 0.05) is 20.0 Å². The van der Waals surface area contributed by atoms with Crippen LogP contribution in [0.3, 0.4) is 0 Å². The molecule has 104 valence electrons. The molecule has 2 rings (SSSR count). The molecular formula is C11H17N5O3. The maximum absolute atomic E-state index is 10.9. The summed E-state index contributed by atoms with van der Waals surface area (Å²) >= 11 is 0. The van der Waals surface area contributed by atoms with Crippen molar-refractivity contribution in [3.63, 3.8) is 0 Å². The van der Waals surface area contributed by atoms with Gasteiger partial charge in [0.05, 0.1) is 26.9 Å². The number of ether oxygens (including phenoxy) is 2. The first-order valence-corrected chi connectivity index (χ1v) is 6.05. The fraction of sp³-hybridized carbons (Fsp3) is 0.636. The number of hydrogen-bond acceptors (Lipinski definition) is 7. The molecule has 0 radical (unpaired) electrons. The molecule has 0 atom stereocenters. The number of rotatable bonds is 4. The summed E-state index contributed by atoms with van der Waals surface area (Å²) in [4.78, 5) is 25.6. The molecule has 0 aromatic carbocycles. The first-order valence-electron chi connectivity index (χ1n) is 6.05. The van der Waals surface area contributed by atoms with Gasteiger partial charge in [-0.05, 0) is 0 Å². The summed E-state index contributed by atoms with van der Waals surface area (Å²) in [6.45, 7) is 4.45. The van der Waals surface area contributed by atoms with Crippen LogP contribution >= 0.6 is 0 Å². The summed E-state index contributed by atoms with van der Waals surface area (Å²) < 4.78 is 10.3. The van der Waals surface area contributed by atoms with E-state index in [9.17, 15) is 4.79 Å². The Morgan fingerprint density at radius 3 is 2.74 bits per heavy atom. The molecule has 8 nitrogen and oxygen atoms in total. The smallest absolute Gasteiger partial charge is 0.321 e. The zero-order valence-electron chi connectivity index (χ0n) is 11.0. The summed E-state index contributed by atoms with van der Waals surface area (Å²) in [5, 5.41) is 2.65. The van der Waals surface area contributed by atoms with Gasteiger partial charge in [0.25, 0.3) is 0 Å². The zero-order valence-corrected chi connectivity index (χ0v) is 11.0. The molecule has 1 amide bonds. The Bertz CT molecular complexity index is 448. The third-order valence-electron chi connectivity index (χ3n) is 2.62. The average Bonchev–Trinajstić information content (AvgIpc) is 2.45. The van der Waals surface area contributed by atoms with Crippen molar-refractivity contribution in [2.75, 3.05) is 38.3 Å². The Balaban J connectivity index is 2.16. The highest BCUT2D eigenvalue weighted by molar-refractivity contribution is 5.72. The second kappa shape index (κ2) is 6.28. The minimum Gasteiger partial charge on any atom is -0.467 e. The molecular weight excluding hydrogens is 250 g/mol. The Labute approximate surface area is 111 Å². The maximum atomic E-state index is 10.9. The number of nitrogens with zero attached hydrogens (tertiary/aromatic N) is 4. The molecule has 0 unspecified atom stereocenters. The van der Waals surface area contributed by atoms with Crippen LogP contribution < -0.4 is 15.0 Å². The van der Waals surface area contributed by atoms with E-state index in [-0.39, 0.29) is 18.5 Å². The van der Waals surface area contributed by atoms with Crippen molar-refractivity contribution in [1.29, 1.82) is 0 Å². The van der Waals surface area contributed by atoms with E-state index in [1.54, 1.807) is 0 Å². The molecule has 1 aliphatic heterocycles. The van der Waals surface area contributed by atoms with Gasteiger partial charge in [-0.3, -0.25) is 4.79 Å². The number of amides is 1. The molecule has 1 saturated heterocycles. The SMILES string of the molecule is COc1nc(CNC(C)=O)nc(N2CCOCC2)n1. The van der Waals surface area contributed by atoms with Crippen molar-refractivity contribution in [3.05, 3.63) is 5.82 Å². The third kappa shape index (κ3) is 3.75. The van der Waals surface area contributed by atoms with Crippen LogP contribution in [0.5, 0.6) is 6.01 Å². The van der Waals surface area contributed by atoms with Crippen molar-refractivity contribution in [2.45, 2.75) is 13.5 Å². The minimum atomic E-state index is -0.132. The van der Waals surface area contributed by atoms with Crippen molar-refractivity contribution < 1.29 is 14.3 Å². The van der Waals surface area contributed by atoms with E-state index in [4.69, 9.17) is 9.47 Å². The normalized spacial score (nSPS) is 15.2. The molecule has 0 aliphatic carbocycles. The van der Waals surface area contributed by atoms with Crippen LogP contribution in [0, 0.1) is 0 Å². The van der Waals surface area contributed by atoms with Gasteiger partial charge >= 0.3 is 6.01 Å². The monoisotopic (exact) mass is 267 g/mol. The van der Waals surface area contributed by atoms with E-state index in [0.29, 0.717) is 25.0 Å². The van der Waals surface area contributed by atoms with E-state index in [1.807, 2.05) is 4.90 Å². The molecule has 1 N–H and O–H groups in total. The molecule has 0 spiro atoms. The van der Waals surface area contributed by atoms with Gasteiger partial charge in [0.1, 0.15) is 0 Å². The summed E-state index contributed by atoms with van der Waals surface area (Å²) in [6, 6.07) is 0.247. The second-order valence-electron chi connectivity index (χ2n) is 4.05. The zero-order chi connectivity index (χ0) is 13.7. The topological polar surface area (TPSA) is 89.5 Å². The van der Waals surface area contributed by atoms with Crippen molar-refractivity contribution in [3.8, 4) is 6.01 Å². The lowest BCUT2D eigenvalue weighted by atomic mass is 10.4. The molecule has 0 saturated carbocycles. The first kappa shape index (κ1) is 13.5. The fourth-order valence-electron chi connectivity index (χ4n) is 1.67. The molecule has 0 bridgehead atoms. The van der Waals surface area contributed by atoms with Crippen LogP contribution in [-0.4, -0.2) is 54.3 Å². The highest BCUT2D eigenvalue weighted by Crippen LogP contribution is 2.13. The molecule has 8 heteroatoms. The van der Waals surface area contributed by atoms with Gasteiger partial charge in [0.15, 0.2) is 5.82 Å². The van der Waals surface area contributed by atoms with Crippen LogP contribution in [0.1, 0.15) is 12.7 Å². The molecule has 1 aromatic rings. The molecule has 19 heavy (non-hydrogen) atoms. The average molecular weight is 267 g/mol. The number of nitrogens with one attached hydrogen (secondary N) is 1. The highest BCUT2D eigenvalue weighted by Gasteiger charge is 2.16. The standard InChI is InChI=1S/C11H17N5O3/c1-8(17)12-7-9-13-10(15-11(14-9)18-2)16-3-5-19-6-4-16/h3-7H2,1-2H3,(H,12,17). The van der Waals surface area contributed by atoms with Crippen LogP contribution in [0.15, 0.2) is 0 Å². The number of hydrogen-bond donors (Lipinski definition) is 1. The van der Waals surface area contributed by atoms with Gasteiger partial charge in [-0.25, -0.2) is 0 Å². The summed E-state index contributed by atoms with van der Waals surface area (Å²) in [5.41, 5.74) is 0. The summed E-state index contributed by atoms with van der Waals surface area (Å²) in [7, 11) is 1.50. The Morgan fingerprint density at radius 2 is 2.11 bits per heavy atom. The number of morpholine rings is 1. The quantitative estimate of drug-likeness (QED) is 0.775. The lowest BCUT2D eigenvalue weighted by Crippen LogP contribution is -2.37. The minimum absolute atomic E-state index is 0.132. The van der Waals surface area contributed by atoms with Gasteiger partial charge < -0.3 is 19.7 Å².